The maximum atomic E-state index is 6.25. The highest BCUT2D eigenvalue weighted by molar-refractivity contribution is 6.20. The van der Waals surface area contributed by atoms with Gasteiger partial charge in [0.05, 0.1) is 22.5 Å². The number of fused-ring (bicyclic) bond motifs is 8. The van der Waals surface area contributed by atoms with Crippen LogP contribution in [0.25, 0.3) is 89.1 Å². The average Bonchev–Trinajstić information content (AvgIpc) is 3.66. The van der Waals surface area contributed by atoms with Gasteiger partial charge in [0, 0.05) is 38.4 Å². The van der Waals surface area contributed by atoms with E-state index >= 15 is 0 Å². The second-order valence-corrected chi connectivity index (χ2v) is 13.6. The third-order valence-corrected chi connectivity index (χ3v) is 10.3. The van der Waals surface area contributed by atoms with Crippen molar-refractivity contribution in [2.24, 2.45) is 0 Å². The van der Waals surface area contributed by atoms with Crippen LogP contribution in [0.1, 0.15) is 25.0 Å². The molecule has 236 valence electrons. The fourth-order valence-corrected chi connectivity index (χ4v) is 7.78. The molecule has 4 heteroatoms. The lowest BCUT2D eigenvalue weighted by Gasteiger charge is -2.22. The van der Waals surface area contributed by atoms with Crippen molar-refractivity contribution in [3.05, 3.63) is 163 Å². The van der Waals surface area contributed by atoms with E-state index in [1.807, 2.05) is 24.3 Å². The maximum absolute atomic E-state index is 6.25. The second kappa shape index (κ2) is 10.8. The molecule has 0 saturated heterocycles. The molecule has 0 aliphatic heterocycles. The van der Waals surface area contributed by atoms with E-state index in [4.69, 9.17) is 19.4 Å². The van der Waals surface area contributed by atoms with Crippen molar-refractivity contribution in [3.8, 4) is 56.3 Å². The summed E-state index contributed by atoms with van der Waals surface area (Å²) in [5, 5.41) is 4.35. The summed E-state index contributed by atoms with van der Waals surface area (Å²) >= 11 is 0. The number of para-hydroxylation sites is 1. The Morgan fingerprint density at radius 2 is 1.08 bits per heavy atom. The zero-order chi connectivity index (χ0) is 33.4. The van der Waals surface area contributed by atoms with Crippen LogP contribution in [-0.2, 0) is 5.41 Å². The predicted octanol–water partition coefficient (Wildman–Crippen LogP) is 11.9. The lowest BCUT2D eigenvalue weighted by Crippen LogP contribution is -2.14. The van der Waals surface area contributed by atoms with Crippen LogP contribution in [0.2, 0.25) is 0 Å². The molecule has 1 aliphatic carbocycles. The molecule has 0 radical (unpaired) electrons. The van der Waals surface area contributed by atoms with Crippen molar-refractivity contribution >= 4 is 32.8 Å². The Morgan fingerprint density at radius 1 is 0.460 bits per heavy atom. The standard InChI is InChI=1S/C46H31N3O/c1-46(2)37-18-10-8-14-32(37)33-25-24-31(26-38(33)46)40-27-39(28-12-4-3-5-13-28)47-44(48-40)30-22-20-29(21-23-30)43-35-16-7-6-15-34(35)42-36-17-9-11-19-41(36)50-45(42)49-43/h3-27H,1-2H3. The van der Waals surface area contributed by atoms with Crippen LogP contribution in [0.3, 0.4) is 0 Å². The Labute approximate surface area is 289 Å². The molecule has 3 heterocycles. The van der Waals surface area contributed by atoms with E-state index < -0.39 is 0 Å². The summed E-state index contributed by atoms with van der Waals surface area (Å²) < 4.78 is 6.25. The first-order valence-electron chi connectivity index (χ1n) is 17.0. The van der Waals surface area contributed by atoms with E-state index in [1.54, 1.807) is 0 Å². The van der Waals surface area contributed by atoms with Crippen molar-refractivity contribution in [3.63, 3.8) is 0 Å². The van der Waals surface area contributed by atoms with Gasteiger partial charge in [-0.3, -0.25) is 0 Å². The first-order chi connectivity index (χ1) is 24.5. The molecule has 0 atom stereocenters. The van der Waals surface area contributed by atoms with E-state index in [0.29, 0.717) is 11.5 Å². The Bertz CT molecular complexity index is 2780. The zero-order valence-corrected chi connectivity index (χ0v) is 27.7. The van der Waals surface area contributed by atoms with Gasteiger partial charge in [-0.05, 0) is 45.8 Å². The van der Waals surface area contributed by atoms with Crippen molar-refractivity contribution in [2.75, 3.05) is 0 Å². The van der Waals surface area contributed by atoms with Gasteiger partial charge in [0.25, 0.3) is 0 Å². The summed E-state index contributed by atoms with van der Waals surface area (Å²) in [4.78, 5) is 15.4. The lowest BCUT2D eigenvalue weighted by atomic mass is 9.82. The van der Waals surface area contributed by atoms with Crippen molar-refractivity contribution in [1.82, 2.24) is 15.0 Å². The monoisotopic (exact) mass is 641 g/mol. The van der Waals surface area contributed by atoms with Gasteiger partial charge in [-0.15, -0.1) is 0 Å². The third-order valence-electron chi connectivity index (χ3n) is 10.3. The minimum atomic E-state index is -0.0977. The first-order valence-corrected chi connectivity index (χ1v) is 17.0. The van der Waals surface area contributed by atoms with Crippen LogP contribution in [0, 0.1) is 0 Å². The van der Waals surface area contributed by atoms with Crippen LogP contribution in [0.15, 0.2) is 156 Å². The topological polar surface area (TPSA) is 51.8 Å². The second-order valence-electron chi connectivity index (χ2n) is 13.6. The molecule has 50 heavy (non-hydrogen) atoms. The number of hydrogen-bond acceptors (Lipinski definition) is 4. The van der Waals surface area contributed by atoms with E-state index in [1.165, 1.54) is 22.3 Å². The molecule has 9 aromatic rings. The van der Waals surface area contributed by atoms with Crippen molar-refractivity contribution in [1.29, 1.82) is 0 Å². The highest BCUT2D eigenvalue weighted by Crippen LogP contribution is 2.49. The molecule has 0 spiro atoms. The Kier molecular flexibility index (Phi) is 6.19. The van der Waals surface area contributed by atoms with Crippen LogP contribution in [0.5, 0.6) is 0 Å². The van der Waals surface area contributed by atoms with E-state index in [0.717, 1.165) is 66.5 Å². The van der Waals surface area contributed by atoms with E-state index in [-0.39, 0.29) is 5.41 Å². The molecule has 0 unspecified atom stereocenters. The molecular formula is C46H31N3O. The van der Waals surface area contributed by atoms with Gasteiger partial charge < -0.3 is 4.42 Å². The van der Waals surface area contributed by atoms with E-state index in [2.05, 4.69) is 141 Å². The summed E-state index contributed by atoms with van der Waals surface area (Å²) in [6.45, 7) is 4.63. The molecule has 4 nitrogen and oxygen atoms in total. The molecule has 0 fully saturated rings. The van der Waals surface area contributed by atoms with Crippen LogP contribution < -0.4 is 0 Å². The number of rotatable bonds is 4. The Morgan fingerprint density at radius 3 is 1.90 bits per heavy atom. The summed E-state index contributed by atoms with van der Waals surface area (Å²) in [6.07, 6.45) is 0. The van der Waals surface area contributed by atoms with Gasteiger partial charge in [0.15, 0.2) is 5.82 Å². The molecule has 3 aromatic heterocycles. The lowest BCUT2D eigenvalue weighted by molar-refractivity contribution is 0.655. The normalized spacial score (nSPS) is 13.2. The van der Waals surface area contributed by atoms with Gasteiger partial charge in [-0.1, -0.05) is 147 Å². The summed E-state index contributed by atoms with van der Waals surface area (Å²) in [5.41, 5.74) is 13.4. The predicted molar refractivity (Wildman–Crippen MR) is 204 cm³/mol. The smallest absolute Gasteiger partial charge is 0.228 e. The molecule has 0 amide bonds. The molecule has 0 N–H and O–H groups in total. The fraction of sp³-hybridized carbons (Fsp3) is 0.0652. The minimum absolute atomic E-state index is 0.0977. The molecule has 1 aliphatic rings. The quantitative estimate of drug-likeness (QED) is 0.192. The van der Waals surface area contributed by atoms with Crippen molar-refractivity contribution < 1.29 is 4.42 Å². The van der Waals surface area contributed by atoms with Crippen LogP contribution in [0.4, 0.5) is 0 Å². The molecule has 10 rings (SSSR count). The zero-order valence-electron chi connectivity index (χ0n) is 27.7. The number of benzene rings is 6. The molecule has 6 aromatic carbocycles. The van der Waals surface area contributed by atoms with E-state index in [9.17, 15) is 0 Å². The summed E-state index contributed by atoms with van der Waals surface area (Å²) in [5.74, 6) is 0.682. The van der Waals surface area contributed by atoms with Gasteiger partial charge in [-0.25, -0.2) is 15.0 Å². The average molecular weight is 642 g/mol. The Hall–Kier alpha value is -6.39. The Balaban J connectivity index is 1.10. The van der Waals surface area contributed by atoms with Crippen LogP contribution in [-0.4, -0.2) is 15.0 Å². The number of pyridine rings is 1. The van der Waals surface area contributed by atoms with Crippen molar-refractivity contribution in [2.45, 2.75) is 19.3 Å². The van der Waals surface area contributed by atoms with Gasteiger partial charge in [0.2, 0.25) is 5.71 Å². The van der Waals surface area contributed by atoms with Gasteiger partial charge in [0.1, 0.15) is 5.58 Å². The fourth-order valence-electron chi connectivity index (χ4n) is 7.78. The molecular weight excluding hydrogens is 611 g/mol. The molecule has 0 bridgehead atoms. The highest BCUT2D eigenvalue weighted by atomic mass is 16.3. The van der Waals surface area contributed by atoms with Gasteiger partial charge in [-0.2, -0.15) is 0 Å². The number of nitrogens with zero attached hydrogens (tertiary/aromatic N) is 3. The first kappa shape index (κ1) is 28.6. The number of aromatic nitrogens is 3. The minimum Gasteiger partial charge on any atom is -0.438 e. The maximum Gasteiger partial charge on any atom is 0.228 e. The largest absolute Gasteiger partial charge is 0.438 e. The van der Waals surface area contributed by atoms with Crippen LogP contribution >= 0.6 is 0 Å². The SMILES string of the molecule is CC1(C)c2ccccc2-c2ccc(-c3cc(-c4ccccc4)nc(-c4ccc(-c5nc6oc7ccccc7c6c6ccccc56)cc4)n3)cc21. The third kappa shape index (κ3) is 4.35. The molecule has 0 saturated carbocycles. The van der Waals surface area contributed by atoms with Gasteiger partial charge >= 0.3 is 0 Å². The summed E-state index contributed by atoms with van der Waals surface area (Å²) in [7, 11) is 0. The highest BCUT2D eigenvalue weighted by Gasteiger charge is 2.35. The summed E-state index contributed by atoms with van der Waals surface area (Å²) in [6, 6.07) is 53.0. The number of furan rings is 1. The number of hydrogen-bond donors (Lipinski definition) is 0.